The van der Waals surface area contributed by atoms with Crippen molar-refractivity contribution in [2.45, 2.75) is 52.2 Å². The van der Waals surface area contributed by atoms with Gasteiger partial charge in [0.1, 0.15) is 5.82 Å². The summed E-state index contributed by atoms with van der Waals surface area (Å²) in [6, 6.07) is 5.08. The summed E-state index contributed by atoms with van der Waals surface area (Å²) < 4.78 is 14.3. The molecular weight excluding hydrogens is 307 g/mol. The van der Waals surface area contributed by atoms with E-state index in [4.69, 9.17) is 0 Å². The van der Waals surface area contributed by atoms with Crippen molar-refractivity contribution >= 4 is 11.6 Å². The average Bonchev–Trinajstić information content (AvgIpc) is 2.59. The number of nitrogens with one attached hydrogen (secondary N) is 1. The van der Waals surface area contributed by atoms with Crippen LogP contribution in [0.4, 0.5) is 10.1 Å². The summed E-state index contributed by atoms with van der Waals surface area (Å²) in [5, 5.41) is 12.3. The molecule has 132 valence electrons. The number of hydrogen-bond donors (Lipinski definition) is 2. The molecule has 1 aromatic rings. The lowest BCUT2D eigenvalue weighted by Gasteiger charge is -2.31. The van der Waals surface area contributed by atoms with Crippen molar-refractivity contribution < 1.29 is 14.3 Å². The molecule has 2 rings (SSSR count). The van der Waals surface area contributed by atoms with Gasteiger partial charge in [0.2, 0.25) is 5.91 Å². The highest BCUT2D eigenvalue weighted by Gasteiger charge is 2.19. The van der Waals surface area contributed by atoms with Crippen molar-refractivity contribution in [2.75, 3.05) is 18.0 Å². The van der Waals surface area contributed by atoms with E-state index in [-0.39, 0.29) is 17.8 Å². The Bertz CT molecular complexity index is 587. The van der Waals surface area contributed by atoms with Crippen LogP contribution < -0.4 is 10.2 Å². The Morgan fingerprint density at radius 2 is 2.00 bits per heavy atom. The van der Waals surface area contributed by atoms with Crippen LogP contribution in [0, 0.1) is 5.82 Å². The molecule has 1 aliphatic rings. The molecule has 1 fully saturated rings. The Labute approximate surface area is 143 Å². The predicted molar refractivity (Wildman–Crippen MR) is 94.4 cm³/mol. The molecule has 4 nitrogen and oxygen atoms in total. The van der Waals surface area contributed by atoms with Gasteiger partial charge in [0.15, 0.2) is 0 Å². The van der Waals surface area contributed by atoms with Gasteiger partial charge in [-0.05, 0) is 43.4 Å². The normalized spacial score (nSPS) is 15.2. The fourth-order valence-electron chi connectivity index (χ4n) is 2.90. The van der Waals surface area contributed by atoms with E-state index in [1.807, 2.05) is 24.8 Å². The van der Waals surface area contributed by atoms with Gasteiger partial charge in [-0.3, -0.25) is 4.79 Å². The van der Waals surface area contributed by atoms with Gasteiger partial charge in [-0.1, -0.05) is 25.5 Å². The molecule has 5 heteroatoms. The molecular formula is C19H27FN2O2. The first kappa shape index (κ1) is 18.5. The van der Waals surface area contributed by atoms with E-state index in [1.165, 1.54) is 6.07 Å². The smallest absolute Gasteiger partial charge is 0.244 e. The highest BCUT2D eigenvalue weighted by molar-refractivity contribution is 5.88. The van der Waals surface area contributed by atoms with Gasteiger partial charge in [-0.25, -0.2) is 4.39 Å². The van der Waals surface area contributed by atoms with Gasteiger partial charge in [0.25, 0.3) is 0 Å². The fourth-order valence-corrected chi connectivity index (χ4v) is 2.90. The van der Waals surface area contributed by atoms with Crippen molar-refractivity contribution in [1.29, 1.82) is 0 Å². The maximum absolute atomic E-state index is 14.3. The molecule has 0 aliphatic carbocycles. The monoisotopic (exact) mass is 334 g/mol. The number of carbonyl (C=O) groups excluding carboxylic acids is 1. The number of rotatable bonds is 6. The van der Waals surface area contributed by atoms with Crippen molar-refractivity contribution in [2.24, 2.45) is 0 Å². The van der Waals surface area contributed by atoms with Crippen LogP contribution in [-0.2, 0) is 11.3 Å². The number of carbonyl (C=O) groups is 1. The lowest BCUT2D eigenvalue weighted by molar-refractivity contribution is -0.116. The van der Waals surface area contributed by atoms with Crippen molar-refractivity contribution in [1.82, 2.24) is 5.32 Å². The quantitative estimate of drug-likeness (QED) is 0.786. The minimum Gasteiger partial charge on any atom is -0.393 e. The Hall–Kier alpha value is -1.88. The average molecular weight is 334 g/mol. The lowest BCUT2D eigenvalue weighted by Crippen LogP contribution is -2.36. The lowest BCUT2D eigenvalue weighted by atomic mass is 10.1. The maximum Gasteiger partial charge on any atom is 0.244 e. The second-order valence-corrected chi connectivity index (χ2v) is 6.23. The van der Waals surface area contributed by atoms with Crippen LogP contribution >= 0.6 is 0 Å². The van der Waals surface area contributed by atoms with E-state index in [2.05, 4.69) is 5.32 Å². The maximum atomic E-state index is 14.3. The molecule has 1 aliphatic heterocycles. The third kappa shape index (κ3) is 5.06. The molecule has 1 heterocycles. The largest absolute Gasteiger partial charge is 0.393 e. The summed E-state index contributed by atoms with van der Waals surface area (Å²) in [7, 11) is 0. The predicted octanol–water partition coefficient (Wildman–Crippen LogP) is 3.15. The van der Waals surface area contributed by atoms with Gasteiger partial charge in [-0.2, -0.15) is 0 Å². The number of aliphatic hydroxyl groups is 1. The van der Waals surface area contributed by atoms with Crippen LogP contribution in [0.3, 0.4) is 0 Å². The number of benzene rings is 1. The minimum absolute atomic E-state index is 0.136. The van der Waals surface area contributed by atoms with Crippen LogP contribution in [0.5, 0.6) is 0 Å². The Morgan fingerprint density at radius 1 is 1.33 bits per heavy atom. The van der Waals surface area contributed by atoms with Gasteiger partial charge in [0.05, 0.1) is 11.8 Å². The zero-order valence-corrected chi connectivity index (χ0v) is 14.5. The summed E-state index contributed by atoms with van der Waals surface area (Å²) in [4.78, 5) is 13.8. The number of halogens is 1. The van der Waals surface area contributed by atoms with Crippen LogP contribution in [0.2, 0.25) is 0 Å². The van der Waals surface area contributed by atoms with E-state index in [0.29, 0.717) is 38.2 Å². The Kier molecular flexibility index (Phi) is 6.79. The number of aliphatic hydroxyl groups excluding tert-OH is 1. The number of hydrogen-bond acceptors (Lipinski definition) is 3. The van der Waals surface area contributed by atoms with E-state index < -0.39 is 0 Å². The summed E-state index contributed by atoms with van der Waals surface area (Å²) in [6.45, 7) is 5.68. The van der Waals surface area contributed by atoms with Crippen molar-refractivity contribution in [3.8, 4) is 0 Å². The number of piperidine rings is 1. The van der Waals surface area contributed by atoms with E-state index >= 15 is 0 Å². The molecule has 24 heavy (non-hydrogen) atoms. The van der Waals surface area contributed by atoms with Gasteiger partial charge in [0, 0.05) is 25.7 Å². The van der Waals surface area contributed by atoms with Crippen molar-refractivity contribution in [3.05, 3.63) is 41.2 Å². The number of anilines is 1. The van der Waals surface area contributed by atoms with Gasteiger partial charge in [-0.15, -0.1) is 0 Å². The molecule has 0 saturated carbocycles. The molecule has 1 aromatic carbocycles. The first-order valence-electron chi connectivity index (χ1n) is 8.72. The minimum atomic E-state index is -0.281. The van der Waals surface area contributed by atoms with E-state index in [1.54, 1.807) is 12.1 Å². The molecule has 0 radical (unpaired) electrons. The zero-order valence-electron chi connectivity index (χ0n) is 14.5. The van der Waals surface area contributed by atoms with Crippen LogP contribution in [0.1, 0.15) is 45.1 Å². The number of amides is 1. The SMILES string of the molecule is CCC(=CC(=O)NCc1ccc(N2CCC(O)CC2)c(F)c1)CC. The van der Waals surface area contributed by atoms with Gasteiger partial charge >= 0.3 is 0 Å². The van der Waals surface area contributed by atoms with Crippen LogP contribution in [-0.4, -0.2) is 30.2 Å². The van der Waals surface area contributed by atoms with Crippen LogP contribution in [0.25, 0.3) is 0 Å². The summed E-state index contributed by atoms with van der Waals surface area (Å²) in [5.41, 5.74) is 2.40. The summed E-state index contributed by atoms with van der Waals surface area (Å²) in [6.07, 6.45) is 4.41. The zero-order chi connectivity index (χ0) is 17.5. The summed E-state index contributed by atoms with van der Waals surface area (Å²) in [5.74, 6) is -0.417. The van der Waals surface area contributed by atoms with Crippen molar-refractivity contribution in [3.63, 3.8) is 0 Å². The Balaban J connectivity index is 1.95. The van der Waals surface area contributed by atoms with Gasteiger partial charge < -0.3 is 15.3 Å². The highest BCUT2D eigenvalue weighted by atomic mass is 19.1. The molecule has 0 bridgehead atoms. The standard InChI is InChI=1S/C19H27FN2O2/c1-3-14(4-2)12-19(24)21-13-15-5-6-18(17(20)11-15)22-9-7-16(23)8-10-22/h5-6,11-12,16,23H,3-4,7-10,13H2,1-2H3,(H,21,24). The summed E-state index contributed by atoms with van der Waals surface area (Å²) >= 11 is 0. The first-order chi connectivity index (χ1) is 11.5. The molecule has 2 N–H and O–H groups in total. The first-order valence-corrected chi connectivity index (χ1v) is 8.72. The molecule has 0 unspecified atom stereocenters. The Morgan fingerprint density at radius 3 is 2.58 bits per heavy atom. The molecule has 0 spiro atoms. The fraction of sp³-hybridized carbons (Fsp3) is 0.526. The van der Waals surface area contributed by atoms with Crippen LogP contribution in [0.15, 0.2) is 29.8 Å². The third-order valence-corrected chi connectivity index (χ3v) is 4.53. The molecule has 1 amide bonds. The molecule has 0 aromatic heterocycles. The number of allylic oxidation sites excluding steroid dienone is 1. The molecule has 0 atom stereocenters. The third-order valence-electron chi connectivity index (χ3n) is 4.53. The van der Waals surface area contributed by atoms with E-state index in [0.717, 1.165) is 24.0 Å². The van der Waals surface area contributed by atoms with E-state index in [9.17, 15) is 14.3 Å². The number of nitrogens with zero attached hydrogens (tertiary/aromatic N) is 1. The molecule has 1 saturated heterocycles. The second kappa shape index (κ2) is 8.83. The second-order valence-electron chi connectivity index (χ2n) is 6.23. The highest BCUT2D eigenvalue weighted by Crippen LogP contribution is 2.24. The topological polar surface area (TPSA) is 52.6 Å².